The molecule has 0 radical (unpaired) electrons. The summed E-state index contributed by atoms with van der Waals surface area (Å²) < 4.78 is 5.69. The summed E-state index contributed by atoms with van der Waals surface area (Å²) in [5.41, 5.74) is 4.95. The highest BCUT2D eigenvalue weighted by Gasteiger charge is 2.46. The van der Waals surface area contributed by atoms with Crippen molar-refractivity contribution in [2.75, 3.05) is 6.61 Å². The average Bonchev–Trinajstić information content (AvgIpc) is 3.45. The van der Waals surface area contributed by atoms with Gasteiger partial charge in [-0.25, -0.2) is 9.59 Å². The number of carbonyl (C=O) groups excluding carboxylic acids is 1. The van der Waals surface area contributed by atoms with Crippen molar-refractivity contribution in [3.05, 3.63) is 119 Å². The summed E-state index contributed by atoms with van der Waals surface area (Å²) in [6, 6.07) is 32.8. The Labute approximate surface area is 219 Å². The summed E-state index contributed by atoms with van der Waals surface area (Å²) in [5.74, 6) is -1.15. The summed E-state index contributed by atoms with van der Waals surface area (Å²) in [6.45, 7) is 0.138. The van der Waals surface area contributed by atoms with Gasteiger partial charge in [-0.1, -0.05) is 84.9 Å². The van der Waals surface area contributed by atoms with Crippen LogP contribution in [0.3, 0.4) is 0 Å². The molecule has 0 bridgehead atoms. The first-order chi connectivity index (χ1) is 18.5. The van der Waals surface area contributed by atoms with Crippen molar-refractivity contribution in [3.8, 4) is 11.1 Å². The highest BCUT2D eigenvalue weighted by Crippen LogP contribution is 2.44. The number of ether oxygens (including phenoxy) is 1. The number of carbonyl (C=O) groups is 2. The number of amides is 1. The molecule has 5 heteroatoms. The molecular formula is C33H25NO4. The summed E-state index contributed by atoms with van der Waals surface area (Å²) in [6.07, 6.45) is -0.285. The van der Waals surface area contributed by atoms with Gasteiger partial charge in [-0.05, 0) is 67.1 Å². The highest BCUT2D eigenvalue weighted by atomic mass is 16.5. The third-order valence-electron chi connectivity index (χ3n) is 8.10. The molecule has 7 rings (SSSR count). The van der Waals surface area contributed by atoms with Crippen LogP contribution in [0.4, 0.5) is 4.79 Å². The Kier molecular flexibility index (Phi) is 5.02. The van der Waals surface area contributed by atoms with E-state index in [1.807, 2.05) is 36.4 Å². The number of rotatable bonds is 4. The first kappa shape index (κ1) is 22.5. The topological polar surface area (TPSA) is 75.6 Å². The monoisotopic (exact) mass is 499 g/mol. The lowest BCUT2D eigenvalue weighted by Gasteiger charge is -2.25. The van der Waals surface area contributed by atoms with Gasteiger partial charge in [0.05, 0.1) is 0 Å². The minimum atomic E-state index is -1.44. The molecule has 0 aromatic heterocycles. The van der Waals surface area contributed by atoms with Crippen molar-refractivity contribution in [1.82, 2.24) is 5.32 Å². The average molecular weight is 500 g/mol. The molecule has 5 aromatic rings. The maximum atomic E-state index is 13.0. The van der Waals surface area contributed by atoms with E-state index in [9.17, 15) is 14.7 Å². The van der Waals surface area contributed by atoms with E-state index in [2.05, 4.69) is 66.0 Å². The van der Waals surface area contributed by atoms with Crippen LogP contribution in [0.15, 0.2) is 97.1 Å². The zero-order valence-electron chi connectivity index (χ0n) is 20.6. The zero-order valence-corrected chi connectivity index (χ0v) is 20.6. The van der Waals surface area contributed by atoms with Crippen LogP contribution in [0.2, 0.25) is 0 Å². The Morgan fingerprint density at radius 2 is 1.24 bits per heavy atom. The van der Waals surface area contributed by atoms with Crippen LogP contribution in [0.25, 0.3) is 32.7 Å². The Balaban J connectivity index is 1.13. The van der Waals surface area contributed by atoms with Crippen molar-refractivity contribution in [1.29, 1.82) is 0 Å². The van der Waals surface area contributed by atoms with E-state index in [4.69, 9.17) is 4.74 Å². The van der Waals surface area contributed by atoms with E-state index in [1.54, 1.807) is 0 Å². The number of hydrogen-bond acceptors (Lipinski definition) is 3. The van der Waals surface area contributed by atoms with E-state index in [0.717, 1.165) is 54.9 Å². The van der Waals surface area contributed by atoms with Gasteiger partial charge in [0, 0.05) is 18.8 Å². The molecule has 38 heavy (non-hydrogen) atoms. The van der Waals surface area contributed by atoms with Crippen molar-refractivity contribution >= 4 is 33.6 Å². The number of hydrogen-bond donors (Lipinski definition) is 2. The number of carboxylic acids is 1. The van der Waals surface area contributed by atoms with Crippen molar-refractivity contribution in [2.45, 2.75) is 24.3 Å². The molecule has 0 heterocycles. The van der Waals surface area contributed by atoms with E-state index < -0.39 is 17.6 Å². The number of alkyl carbamates (subject to hydrolysis) is 1. The second-order valence-electron chi connectivity index (χ2n) is 10.4. The molecule has 5 aromatic carbocycles. The molecule has 1 amide bonds. The molecule has 0 spiro atoms. The normalized spacial score (nSPS) is 15.2. The largest absolute Gasteiger partial charge is 0.479 e. The molecule has 0 saturated carbocycles. The van der Waals surface area contributed by atoms with E-state index in [0.29, 0.717) is 0 Å². The lowest BCUT2D eigenvalue weighted by Crippen LogP contribution is -2.55. The molecule has 0 saturated heterocycles. The molecule has 2 aliphatic rings. The smallest absolute Gasteiger partial charge is 0.408 e. The fourth-order valence-corrected chi connectivity index (χ4v) is 6.25. The summed E-state index contributed by atoms with van der Waals surface area (Å²) in [7, 11) is 0. The third kappa shape index (κ3) is 3.54. The molecule has 0 unspecified atom stereocenters. The van der Waals surface area contributed by atoms with Crippen LogP contribution in [0.1, 0.15) is 28.2 Å². The second kappa shape index (κ2) is 8.45. The number of nitrogens with one attached hydrogen (secondary N) is 1. The minimum Gasteiger partial charge on any atom is -0.479 e. The van der Waals surface area contributed by atoms with Gasteiger partial charge < -0.3 is 15.2 Å². The Hall–Kier alpha value is -4.64. The molecule has 0 atom stereocenters. The first-order valence-electron chi connectivity index (χ1n) is 12.8. The molecule has 0 aliphatic heterocycles. The standard InChI is InChI=1S/C33H25NO4/c35-31(36)33(17-24-15-22-13-20-7-1-2-8-21(20)14-23(22)16-25(24)18-33)34-32(37)38-19-30-28-11-5-3-9-26(28)27-10-4-6-12-29(27)30/h1-16,30H,17-19H2,(H,34,37)(H,35,36). The molecule has 186 valence electrons. The Morgan fingerprint density at radius 3 is 1.76 bits per heavy atom. The molecule has 2 aliphatic carbocycles. The van der Waals surface area contributed by atoms with Gasteiger partial charge in [-0.3, -0.25) is 0 Å². The summed E-state index contributed by atoms with van der Waals surface area (Å²) in [4.78, 5) is 25.6. The van der Waals surface area contributed by atoms with Crippen LogP contribution in [-0.4, -0.2) is 29.3 Å². The zero-order chi connectivity index (χ0) is 25.9. The molecular weight excluding hydrogens is 474 g/mol. The maximum absolute atomic E-state index is 13.0. The van der Waals surface area contributed by atoms with E-state index in [1.165, 1.54) is 0 Å². The fourth-order valence-electron chi connectivity index (χ4n) is 6.25. The van der Waals surface area contributed by atoms with Gasteiger partial charge in [0.25, 0.3) is 0 Å². The quantitative estimate of drug-likeness (QED) is 0.279. The SMILES string of the molecule is O=C(NC1(C(=O)O)Cc2cc3cc4ccccc4cc3cc2C1)OCC1c2ccccc2-c2ccccc21. The van der Waals surface area contributed by atoms with Gasteiger partial charge in [-0.2, -0.15) is 0 Å². The van der Waals surface area contributed by atoms with Gasteiger partial charge in [0.15, 0.2) is 0 Å². The highest BCUT2D eigenvalue weighted by molar-refractivity contribution is 5.99. The predicted molar refractivity (Wildman–Crippen MR) is 147 cm³/mol. The number of carboxylic acid groups (broad SMARTS) is 1. The van der Waals surface area contributed by atoms with Crippen LogP contribution in [-0.2, 0) is 22.4 Å². The van der Waals surface area contributed by atoms with E-state index in [-0.39, 0.29) is 25.4 Å². The van der Waals surface area contributed by atoms with Crippen LogP contribution in [0.5, 0.6) is 0 Å². The molecule has 0 fully saturated rings. The maximum Gasteiger partial charge on any atom is 0.408 e. The summed E-state index contributed by atoms with van der Waals surface area (Å²) in [5, 5.41) is 17.4. The predicted octanol–water partition coefficient (Wildman–Crippen LogP) is 6.45. The minimum absolute atomic E-state index is 0.0888. The number of benzene rings is 5. The molecule has 5 nitrogen and oxygen atoms in total. The van der Waals surface area contributed by atoms with E-state index >= 15 is 0 Å². The number of fused-ring (bicyclic) bond motifs is 6. The van der Waals surface area contributed by atoms with Crippen LogP contribution >= 0.6 is 0 Å². The van der Waals surface area contributed by atoms with Gasteiger partial charge in [0.2, 0.25) is 0 Å². The van der Waals surface area contributed by atoms with Gasteiger partial charge in [-0.15, -0.1) is 0 Å². The third-order valence-corrected chi connectivity index (χ3v) is 8.10. The van der Waals surface area contributed by atoms with Crippen LogP contribution in [0, 0.1) is 0 Å². The van der Waals surface area contributed by atoms with Crippen molar-refractivity contribution < 1.29 is 19.4 Å². The van der Waals surface area contributed by atoms with Gasteiger partial charge >= 0.3 is 12.1 Å². The first-order valence-corrected chi connectivity index (χ1v) is 12.8. The fraction of sp³-hybridized carbons (Fsp3) is 0.152. The lowest BCUT2D eigenvalue weighted by atomic mass is 9.96. The number of aliphatic carboxylic acids is 1. The Bertz CT molecular complexity index is 1660. The molecule has 2 N–H and O–H groups in total. The Morgan fingerprint density at radius 1 is 0.737 bits per heavy atom. The van der Waals surface area contributed by atoms with Crippen molar-refractivity contribution in [3.63, 3.8) is 0 Å². The van der Waals surface area contributed by atoms with Crippen molar-refractivity contribution in [2.24, 2.45) is 0 Å². The second-order valence-corrected chi connectivity index (χ2v) is 10.4. The van der Waals surface area contributed by atoms with Crippen LogP contribution < -0.4 is 5.32 Å². The van der Waals surface area contributed by atoms with Gasteiger partial charge in [0.1, 0.15) is 12.1 Å². The summed E-state index contributed by atoms with van der Waals surface area (Å²) >= 11 is 0. The lowest BCUT2D eigenvalue weighted by molar-refractivity contribution is -0.144.